The van der Waals surface area contributed by atoms with Crippen LogP contribution in [0.3, 0.4) is 0 Å². The second-order valence-electron chi connectivity index (χ2n) is 6.54. The van der Waals surface area contributed by atoms with E-state index >= 15 is 0 Å². The lowest BCUT2D eigenvalue weighted by Crippen LogP contribution is -2.59. The van der Waals surface area contributed by atoms with Gasteiger partial charge in [0.15, 0.2) is 0 Å². The van der Waals surface area contributed by atoms with Crippen molar-refractivity contribution in [2.24, 2.45) is 5.92 Å². The molecule has 3 aliphatic rings. The molecular formula is C14H20N2O4S. The zero-order valence-electron chi connectivity index (χ0n) is 12.2. The lowest BCUT2D eigenvalue weighted by atomic mass is 9.95. The summed E-state index contributed by atoms with van der Waals surface area (Å²) in [5.41, 5.74) is -1.22. The highest BCUT2D eigenvalue weighted by Gasteiger charge is 2.55. The zero-order chi connectivity index (χ0) is 15.4. The summed E-state index contributed by atoms with van der Waals surface area (Å²) in [6.45, 7) is 3.55. The smallest absolute Gasteiger partial charge is 0.329 e. The molecule has 3 rings (SSSR count). The van der Waals surface area contributed by atoms with Gasteiger partial charge >= 0.3 is 5.97 Å². The Labute approximate surface area is 127 Å². The van der Waals surface area contributed by atoms with Crippen LogP contribution in [0.1, 0.15) is 39.5 Å². The Morgan fingerprint density at radius 1 is 1.48 bits per heavy atom. The molecule has 0 aromatic carbocycles. The number of carboxylic acid groups (broad SMARTS) is 1. The molecule has 2 N–H and O–H groups in total. The van der Waals surface area contributed by atoms with Crippen molar-refractivity contribution in [1.82, 2.24) is 10.2 Å². The van der Waals surface area contributed by atoms with Gasteiger partial charge in [0.05, 0.1) is 4.87 Å². The van der Waals surface area contributed by atoms with Crippen LogP contribution in [0.4, 0.5) is 0 Å². The Morgan fingerprint density at radius 3 is 2.71 bits per heavy atom. The lowest BCUT2D eigenvalue weighted by molar-refractivity contribution is -0.149. The van der Waals surface area contributed by atoms with Crippen molar-refractivity contribution in [3.8, 4) is 0 Å². The molecule has 0 spiro atoms. The molecule has 6 nitrogen and oxygen atoms in total. The number of amides is 2. The molecule has 7 heteroatoms. The number of nitrogens with zero attached hydrogens (tertiary/aromatic N) is 1. The molecule has 3 atom stereocenters. The molecule has 21 heavy (non-hydrogen) atoms. The molecule has 0 bridgehead atoms. The van der Waals surface area contributed by atoms with Crippen molar-refractivity contribution in [2.45, 2.75) is 56.0 Å². The van der Waals surface area contributed by atoms with E-state index in [9.17, 15) is 19.5 Å². The van der Waals surface area contributed by atoms with Gasteiger partial charge in [-0.05, 0) is 39.0 Å². The first kappa shape index (κ1) is 14.7. The van der Waals surface area contributed by atoms with Crippen LogP contribution < -0.4 is 5.32 Å². The summed E-state index contributed by atoms with van der Waals surface area (Å²) in [5, 5.41) is 12.1. The molecule has 2 saturated heterocycles. The molecule has 2 amide bonds. The number of carbonyl (C=O) groups is 3. The molecule has 2 heterocycles. The number of fused-ring (bicyclic) bond motifs is 1. The van der Waals surface area contributed by atoms with Crippen molar-refractivity contribution < 1.29 is 19.5 Å². The van der Waals surface area contributed by atoms with Crippen LogP contribution in [0.5, 0.6) is 0 Å². The van der Waals surface area contributed by atoms with E-state index in [1.54, 1.807) is 23.6 Å². The fourth-order valence-corrected chi connectivity index (χ4v) is 4.78. The average molecular weight is 312 g/mol. The van der Waals surface area contributed by atoms with Crippen LogP contribution in [-0.4, -0.2) is 50.0 Å². The summed E-state index contributed by atoms with van der Waals surface area (Å²) in [6.07, 6.45) is 2.86. The van der Waals surface area contributed by atoms with Crippen LogP contribution in [0.15, 0.2) is 0 Å². The second-order valence-corrected chi connectivity index (χ2v) is 8.04. The highest BCUT2D eigenvalue weighted by atomic mass is 32.2. The summed E-state index contributed by atoms with van der Waals surface area (Å²) >= 11 is 1.61. The first-order valence-corrected chi connectivity index (χ1v) is 8.28. The topological polar surface area (TPSA) is 86.7 Å². The molecule has 3 fully saturated rings. The number of thioether (sulfide) groups is 1. The van der Waals surface area contributed by atoms with E-state index in [1.165, 1.54) is 0 Å². The van der Waals surface area contributed by atoms with Gasteiger partial charge in [0.1, 0.15) is 11.6 Å². The third-order valence-electron chi connectivity index (χ3n) is 4.97. The normalized spacial score (nSPS) is 34.5. The van der Waals surface area contributed by atoms with Gasteiger partial charge in [-0.1, -0.05) is 0 Å². The lowest BCUT2D eigenvalue weighted by Gasteiger charge is -2.33. The van der Waals surface area contributed by atoms with Gasteiger partial charge in [-0.3, -0.25) is 9.59 Å². The summed E-state index contributed by atoms with van der Waals surface area (Å²) in [5.74, 6) is -0.813. The number of carboxylic acids is 1. The minimum absolute atomic E-state index is 0.00586. The van der Waals surface area contributed by atoms with Gasteiger partial charge < -0.3 is 15.3 Å². The molecule has 1 aliphatic carbocycles. The second kappa shape index (κ2) is 4.63. The van der Waals surface area contributed by atoms with Gasteiger partial charge in [-0.15, -0.1) is 11.8 Å². The largest absolute Gasteiger partial charge is 0.480 e. The Balaban J connectivity index is 1.77. The molecule has 116 valence electrons. The highest BCUT2D eigenvalue weighted by molar-refractivity contribution is 8.01. The first-order valence-electron chi connectivity index (χ1n) is 7.29. The van der Waals surface area contributed by atoms with Gasteiger partial charge in [-0.25, -0.2) is 4.79 Å². The van der Waals surface area contributed by atoms with Gasteiger partial charge in [0.25, 0.3) is 0 Å². The molecule has 2 aliphatic heterocycles. The first-order chi connectivity index (χ1) is 9.78. The van der Waals surface area contributed by atoms with Crippen LogP contribution in [0, 0.1) is 5.92 Å². The fraction of sp³-hybridized carbons (Fsp3) is 0.786. The number of nitrogens with one attached hydrogen (secondary N) is 1. The van der Waals surface area contributed by atoms with Gasteiger partial charge in [0, 0.05) is 12.2 Å². The summed E-state index contributed by atoms with van der Waals surface area (Å²) < 4.78 is 0. The monoisotopic (exact) mass is 312 g/mol. The van der Waals surface area contributed by atoms with Crippen molar-refractivity contribution >= 4 is 29.5 Å². The maximum absolute atomic E-state index is 12.5. The number of hydrogen-bond acceptors (Lipinski definition) is 4. The van der Waals surface area contributed by atoms with Crippen molar-refractivity contribution in [3.63, 3.8) is 0 Å². The third-order valence-corrected chi connectivity index (χ3v) is 6.47. The molecule has 0 aromatic rings. The molecule has 3 unspecified atom stereocenters. The minimum atomic E-state index is -1.22. The standard InChI is InChI=1S/C14H20N2O4S/c1-13-6-5-10(17)16(13)9(7-21-13)11(18)15-14(2,12(19)20)8-3-4-8/h8-9H,3-7H2,1-2H3,(H,15,18)(H,19,20). The van der Waals surface area contributed by atoms with E-state index in [0.717, 1.165) is 19.3 Å². The Bertz CT molecular complexity index is 521. The SMILES string of the molecule is CC(NC(=O)C1CSC2(C)CCC(=O)N12)(C(=O)O)C1CC1. The number of hydrogen-bond donors (Lipinski definition) is 2. The summed E-state index contributed by atoms with van der Waals surface area (Å²) in [6, 6.07) is -0.549. The van der Waals surface area contributed by atoms with Gasteiger partial charge in [0.2, 0.25) is 11.8 Å². The van der Waals surface area contributed by atoms with E-state index in [0.29, 0.717) is 12.2 Å². The van der Waals surface area contributed by atoms with Crippen LogP contribution in [0.2, 0.25) is 0 Å². The van der Waals surface area contributed by atoms with Gasteiger partial charge in [-0.2, -0.15) is 0 Å². The van der Waals surface area contributed by atoms with Crippen LogP contribution >= 0.6 is 11.8 Å². The highest BCUT2D eigenvalue weighted by Crippen LogP contribution is 2.47. The summed E-state index contributed by atoms with van der Waals surface area (Å²) in [7, 11) is 0. The maximum atomic E-state index is 12.5. The average Bonchev–Trinajstić information content (AvgIpc) is 3.14. The summed E-state index contributed by atoms with van der Waals surface area (Å²) in [4.78, 5) is 37.4. The minimum Gasteiger partial charge on any atom is -0.480 e. The molecule has 1 saturated carbocycles. The van der Waals surface area contributed by atoms with E-state index in [4.69, 9.17) is 0 Å². The predicted molar refractivity (Wildman–Crippen MR) is 77.6 cm³/mol. The third kappa shape index (κ3) is 2.22. The van der Waals surface area contributed by atoms with Crippen LogP contribution in [-0.2, 0) is 14.4 Å². The maximum Gasteiger partial charge on any atom is 0.329 e. The van der Waals surface area contributed by atoms with E-state index < -0.39 is 17.6 Å². The number of carbonyl (C=O) groups excluding carboxylic acids is 2. The van der Waals surface area contributed by atoms with E-state index in [-0.39, 0.29) is 22.6 Å². The fourth-order valence-electron chi connectivity index (χ4n) is 3.34. The Hall–Kier alpha value is -1.24. The van der Waals surface area contributed by atoms with E-state index in [2.05, 4.69) is 5.32 Å². The number of rotatable bonds is 4. The zero-order valence-corrected chi connectivity index (χ0v) is 13.0. The Morgan fingerprint density at radius 2 is 2.14 bits per heavy atom. The molecular weight excluding hydrogens is 292 g/mol. The molecule has 0 radical (unpaired) electrons. The Kier molecular flexibility index (Phi) is 3.24. The van der Waals surface area contributed by atoms with Crippen LogP contribution in [0.25, 0.3) is 0 Å². The van der Waals surface area contributed by atoms with Crippen molar-refractivity contribution in [1.29, 1.82) is 0 Å². The van der Waals surface area contributed by atoms with Crippen molar-refractivity contribution in [2.75, 3.05) is 5.75 Å². The molecule has 0 aromatic heterocycles. The predicted octanol–water partition coefficient (Wildman–Crippen LogP) is 0.810. The van der Waals surface area contributed by atoms with Crippen molar-refractivity contribution in [3.05, 3.63) is 0 Å². The quantitative estimate of drug-likeness (QED) is 0.802. The van der Waals surface area contributed by atoms with E-state index in [1.807, 2.05) is 6.92 Å². The number of aliphatic carboxylic acids is 1.